The maximum absolute atomic E-state index is 13.9. The lowest BCUT2D eigenvalue weighted by Gasteiger charge is -2.22. The molecule has 0 heterocycles. The minimum absolute atomic E-state index is 0.0788. The number of carbonyl (C=O) groups excluding carboxylic acids is 1. The van der Waals surface area contributed by atoms with Crippen LogP contribution in [0.15, 0.2) is 11.6 Å². The highest BCUT2D eigenvalue weighted by Crippen LogP contribution is 2.49. The zero-order chi connectivity index (χ0) is 19.1. The molecule has 0 aromatic rings. The monoisotopic (exact) mass is 368 g/mol. The molecular formula is C21H33FO4. The van der Waals surface area contributed by atoms with E-state index in [0.717, 1.165) is 38.5 Å². The van der Waals surface area contributed by atoms with Gasteiger partial charge in [-0.1, -0.05) is 31.4 Å². The van der Waals surface area contributed by atoms with Gasteiger partial charge in [0.2, 0.25) is 0 Å². The van der Waals surface area contributed by atoms with Crippen molar-refractivity contribution in [2.24, 2.45) is 17.8 Å². The van der Waals surface area contributed by atoms with Crippen LogP contribution in [0.5, 0.6) is 0 Å². The number of allylic oxidation sites excluding steroid dienone is 2. The fraction of sp³-hybridized carbons (Fsp3) is 0.810. The summed E-state index contributed by atoms with van der Waals surface area (Å²) in [5, 5.41) is 19.0. The summed E-state index contributed by atoms with van der Waals surface area (Å²) in [6.07, 6.45) is 7.63. The Morgan fingerprint density at radius 1 is 1.27 bits per heavy atom. The van der Waals surface area contributed by atoms with Crippen molar-refractivity contribution in [3.8, 4) is 0 Å². The standard InChI is InChI=1S/C21H33FO4/c1-2-3-7-18(22)19(23)10-9-16-17-12-14(6-4-5-8-21(25)26)11-15(17)13-20(16)24/h11,15-18,20,24H,2-10,12-13H2,1H3,(H,25,26)/t15-,16+,17-,18?,20?/m0/s1. The smallest absolute Gasteiger partial charge is 0.303 e. The minimum Gasteiger partial charge on any atom is -0.481 e. The van der Waals surface area contributed by atoms with Gasteiger partial charge in [0.15, 0.2) is 12.0 Å². The predicted molar refractivity (Wildman–Crippen MR) is 98.6 cm³/mol. The van der Waals surface area contributed by atoms with Crippen LogP contribution in [0.2, 0.25) is 0 Å². The summed E-state index contributed by atoms with van der Waals surface area (Å²) in [6.45, 7) is 1.98. The summed E-state index contributed by atoms with van der Waals surface area (Å²) in [5.74, 6) is -0.258. The molecule has 0 aromatic heterocycles. The average Bonchev–Trinajstić information content (AvgIpc) is 3.10. The number of carbonyl (C=O) groups is 2. The minimum atomic E-state index is -1.35. The summed E-state index contributed by atoms with van der Waals surface area (Å²) >= 11 is 0. The Balaban J connectivity index is 1.76. The number of halogens is 1. The SMILES string of the molecule is CCCCC(F)C(=O)CC[C@H]1C(O)C[C@@H]2C=C(CCCCC(=O)O)C[C@@H]21. The van der Waals surface area contributed by atoms with Gasteiger partial charge in [-0.2, -0.15) is 0 Å². The maximum atomic E-state index is 13.9. The van der Waals surface area contributed by atoms with Crippen LogP contribution in [0, 0.1) is 17.8 Å². The van der Waals surface area contributed by atoms with Crippen LogP contribution in [-0.4, -0.2) is 34.2 Å². The first-order chi connectivity index (χ1) is 12.4. The van der Waals surface area contributed by atoms with Gasteiger partial charge >= 0.3 is 5.97 Å². The third kappa shape index (κ3) is 5.90. The highest BCUT2D eigenvalue weighted by molar-refractivity contribution is 5.82. The van der Waals surface area contributed by atoms with Gasteiger partial charge in [-0.3, -0.25) is 9.59 Å². The Hall–Kier alpha value is -1.23. The first-order valence-corrected chi connectivity index (χ1v) is 10.2. The van der Waals surface area contributed by atoms with E-state index < -0.39 is 18.2 Å². The van der Waals surface area contributed by atoms with Crippen molar-refractivity contribution in [3.63, 3.8) is 0 Å². The average molecular weight is 368 g/mol. The maximum Gasteiger partial charge on any atom is 0.303 e. The molecule has 26 heavy (non-hydrogen) atoms. The van der Waals surface area contributed by atoms with E-state index in [1.807, 2.05) is 6.92 Å². The number of hydrogen-bond donors (Lipinski definition) is 2. The van der Waals surface area contributed by atoms with Gasteiger partial charge in [-0.15, -0.1) is 0 Å². The predicted octanol–water partition coefficient (Wildman–Crippen LogP) is 4.45. The van der Waals surface area contributed by atoms with Crippen molar-refractivity contribution >= 4 is 11.8 Å². The number of aliphatic hydroxyl groups excluding tert-OH is 1. The molecule has 0 saturated heterocycles. The molecule has 2 aliphatic carbocycles. The second kappa shape index (κ2) is 10.2. The zero-order valence-corrected chi connectivity index (χ0v) is 15.8. The molecule has 0 aliphatic heterocycles. The molecule has 0 bridgehead atoms. The lowest BCUT2D eigenvalue weighted by molar-refractivity contribution is -0.137. The Kier molecular flexibility index (Phi) is 8.26. The number of alkyl halides is 1. The zero-order valence-electron chi connectivity index (χ0n) is 15.8. The molecule has 0 aromatic carbocycles. The van der Waals surface area contributed by atoms with Gasteiger partial charge in [0, 0.05) is 12.8 Å². The van der Waals surface area contributed by atoms with E-state index in [1.54, 1.807) is 0 Å². The fourth-order valence-electron chi connectivity index (χ4n) is 4.63. The number of rotatable bonds is 12. The van der Waals surface area contributed by atoms with Gasteiger partial charge in [-0.25, -0.2) is 4.39 Å². The normalized spacial score (nSPS) is 28.7. The highest BCUT2D eigenvalue weighted by Gasteiger charge is 2.44. The van der Waals surface area contributed by atoms with Crippen molar-refractivity contribution in [3.05, 3.63) is 11.6 Å². The van der Waals surface area contributed by atoms with Crippen molar-refractivity contribution in [1.82, 2.24) is 0 Å². The van der Waals surface area contributed by atoms with Crippen molar-refractivity contribution in [1.29, 1.82) is 0 Å². The van der Waals surface area contributed by atoms with Gasteiger partial charge < -0.3 is 10.2 Å². The van der Waals surface area contributed by atoms with Crippen LogP contribution >= 0.6 is 0 Å². The number of Topliss-reactive ketones (excluding diaryl/α,β-unsaturated/α-hetero) is 1. The molecule has 0 amide bonds. The molecule has 4 nitrogen and oxygen atoms in total. The number of carboxylic acids is 1. The van der Waals surface area contributed by atoms with Gasteiger partial charge in [-0.05, 0) is 62.7 Å². The van der Waals surface area contributed by atoms with Crippen LogP contribution in [0.3, 0.4) is 0 Å². The van der Waals surface area contributed by atoms with Gasteiger partial charge in [0.1, 0.15) is 0 Å². The summed E-state index contributed by atoms with van der Waals surface area (Å²) in [7, 11) is 0. The molecule has 1 fully saturated rings. The number of carboxylic acid groups (broad SMARTS) is 1. The molecule has 2 N–H and O–H groups in total. The largest absolute Gasteiger partial charge is 0.481 e. The molecular weight excluding hydrogens is 335 g/mol. The first kappa shape index (κ1) is 21.1. The first-order valence-electron chi connectivity index (χ1n) is 10.2. The third-order valence-electron chi connectivity index (χ3n) is 6.08. The fourth-order valence-corrected chi connectivity index (χ4v) is 4.63. The van der Waals surface area contributed by atoms with Crippen LogP contribution in [-0.2, 0) is 9.59 Å². The molecule has 2 aliphatic rings. The molecule has 2 rings (SSSR count). The molecule has 1 saturated carbocycles. The van der Waals surface area contributed by atoms with E-state index >= 15 is 0 Å². The van der Waals surface area contributed by atoms with Crippen molar-refractivity contribution in [2.45, 2.75) is 89.8 Å². The summed E-state index contributed by atoms with van der Waals surface area (Å²) < 4.78 is 13.9. The molecule has 5 heteroatoms. The van der Waals surface area contributed by atoms with Crippen LogP contribution in [0.1, 0.15) is 77.6 Å². The molecule has 148 valence electrons. The van der Waals surface area contributed by atoms with Crippen LogP contribution in [0.4, 0.5) is 4.39 Å². The van der Waals surface area contributed by atoms with Crippen LogP contribution in [0.25, 0.3) is 0 Å². The second-order valence-electron chi connectivity index (χ2n) is 8.04. The van der Waals surface area contributed by atoms with E-state index in [1.165, 1.54) is 5.57 Å². The number of hydrogen-bond acceptors (Lipinski definition) is 3. The highest BCUT2D eigenvalue weighted by atomic mass is 19.1. The van der Waals surface area contributed by atoms with Crippen molar-refractivity contribution in [2.75, 3.05) is 0 Å². The summed E-state index contributed by atoms with van der Waals surface area (Å²) in [4.78, 5) is 22.6. The van der Waals surface area contributed by atoms with Crippen LogP contribution < -0.4 is 0 Å². The van der Waals surface area contributed by atoms with Gasteiger partial charge in [0.25, 0.3) is 0 Å². The Morgan fingerprint density at radius 3 is 2.73 bits per heavy atom. The lowest BCUT2D eigenvalue weighted by atomic mass is 9.85. The Labute approximate surface area is 155 Å². The second-order valence-corrected chi connectivity index (χ2v) is 8.04. The van der Waals surface area contributed by atoms with Crippen molar-refractivity contribution < 1.29 is 24.2 Å². The quantitative estimate of drug-likeness (QED) is 0.394. The van der Waals surface area contributed by atoms with E-state index in [2.05, 4.69) is 6.08 Å². The van der Waals surface area contributed by atoms with Gasteiger partial charge in [0.05, 0.1) is 6.10 Å². The Morgan fingerprint density at radius 2 is 2.04 bits per heavy atom. The van der Waals surface area contributed by atoms with E-state index in [-0.39, 0.29) is 24.5 Å². The number of aliphatic carboxylic acids is 1. The number of ketones is 1. The number of fused-ring (bicyclic) bond motifs is 1. The van der Waals surface area contributed by atoms with E-state index in [0.29, 0.717) is 31.1 Å². The Bertz CT molecular complexity index is 516. The third-order valence-corrected chi connectivity index (χ3v) is 6.08. The van der Waals surface area contributed by atoms with E-state index in [9.17, 15) is 19.1 Å². The lowest BCUT2D eigenvalue weighted by Crippen LogP contribution is -2.23. The van der Waals surface area contributed by atoms with E-state index in [4.69, 9.17) is 5.11 Å². The molecule has 0 spiro atoms. The number of aliphatic hydroxyl groups is 1. The molecule has 2 unspecified atom stereocenters. The summed E-state index contributed by atoms with van der Waals surface area (Å²) in [6, 6.07) is 0. The topological polar surface area (TPSA) is 74.6 Å². The molecule has 5 atom stereocenters. The molecule has 0 radical (unpaired) electrons. The summed E-state index contributed by atoms with van der Waals surface area (Å²) in [5.41, 5.74) is 1.36. The number of unbranched alkanes of at least 4 members (excludes halogenated alkanes) is 2.